The van der Waals surface area contributed by atoms with Crippen molar-refractivity contribution in [2.24, 2.45) is 5.73 Å². The summed E-state index contributed by atoms with van der Waals surface area (Å²) in [7, 11) is 0. The van der Waals surface area contributed by atoms with E-state index >= 15 is 0 Å². The largest absolute Gasteiger partial charge is 0.458 e. The molecule has 0 aliphatic carbocycles. The van der Waals surface area contributed by atoms with Gasteiger partial charge >= 0.3 is 0 Å². The van der Waals surface area contributed by atoms with E-state index in [9.17, 15) is 0 Å². The van der Waals surface area contributed by atoms with E-state index < -0.39 is 0 Å². The molecular formula is C16H13BrClNOS. The molecule has 1 unspecified atom stereocenters. The van der Waals surface area contributed by atoms with Crippen LogP contribution < -0.4 is 5.73 Å². The molecule has 0 radical (unpaired) electrons. The van der Waals surface area contributed by atoms with Crippen molar-refractivity contribution in [1.82, 2.24) is 0 Å². The topological polar surface area (TPSA) is 39.2 Å². The molecule has 0 saturated heterocycles. The molecule has 2 nitrogen and oxygen atoms in total. The number of thioether (sulfide) groups is 1. The lowest BCUT2D eigenvalue weighted by atomic mass is 10.2. The highest BCUT2D eigenvalue weighted by Crippen LogP contribution is 2.31. The summed E-state index contributed by atoms with van der Waals surface area (Å²) < 4.78 is 6.86. The van der Waals surface area contributed by atoms with Gasteiger partial charge in [0.25, 0.3) is 0 Å². The Kier molecular flexibility index (Phi) is 4.60. The number of benzene rings is 2. The van der Waals surface area contributed by atoms with Crippen molar-refractivity contribution in [2.45, 2.75) is 10.9 Å². The van der Waals surface area contributed by atoms with Gasteiger partial charge in [-0.2, -0.15) is 0 Å². The average molecular weight is 383 g/mol. The van der Waals surface area contributed by atoms with E-state index in [2.05, 4.69) is 28.1 Å². The van der Waals surface area contributed by atoms with Crippen molar-refractivity contribution in [2.75, 3.05) is 5.75 Å². The maximum atomic E-state index is 6.22. The Hall–Kier alpha value is -0.940. The molecule has 0 bridgehead atoms. The highest BCUT2D eigenvalue weighted by molar-refractivity contribution is 9.10. The first-order valence-corrected chi connectivity index (χ1v) is 8.61. The van der Waals surface area contributed by atoms with Crippen LogP contribution in [0.15, 0.2) is 62.3 Å². The molecular weight excluding hydrogens is 370 g/mol. The summed E-state index contributed by atoms with van der Waals surface area (Å²) >= 11 is 11.3. The van der Waals surface area contributed by atoms with Crippen LogP contribution in [0.1, 0.15) is 11.8 Å². The molecule has 0 aliphatic heterocycles. The Morgan fingerprint density at radius 1 is 1.19 bits per heavy atom. The molecule has 0 saturated carbocycles. The number of furan rings is 1. The summed E-state index contributed by atoms with van der Waals surface area (Å²) in [5.41, 5.74) is 6.93. The average Bonchev–Trinajstić information content (AvgIpc) is 2.92. The number of para-hydroxylation sites is 1. The van der Waals surface area contributed by atoms with Crippen molar-refractivity contribution in [3.05, 3.63) is 63.8 Å². The zero-order chi connectivity index (χ0) is 14.8. The van der Waals surface area contributed by atoms with E-state index in [1.165, 1.54) is 4.90 Å². The highest BCUT2D eigenvalue weighted by Gasteiger charge is 2.14. The Balaban J connectivity index is 1.73. The number of hydrogen-bond acceptors (Lipinski definition) is 3. The van der Waals surface area contributed by atoms with Gasteiger partial charge in [-0.15, -0.1) is 11.8 Å². The molecule has 3 aromatic rings. The van der Waals surface area contributed by atoms with Crippen LogP contribution in [0, 0.1) is 0 Å². The number of halogens is 2. The Morgan fingerprint density at radius 3 is 2.67 bits per heavy atom. The van der Waals surface area contributed by atoms with E-state index in [-0.39, 0.29) is 6.04 Å². The lowest BCUT2D eigenvalue weighted by Crippen LogP contribution is -2.11. The molecule has 1 heterocycles. The summed E-state index contributed by atoms with van der Waals surface area (Å²) in [5.74, 6) is 1.52. The fourth-order valence-corrected chi connectivity index (χ4v) is 3.38. The smallest absolute Gasteiger partial charge is 0.152 e. The van der Waals surface area contributed by atoms with Gasteiger partial charge in [-0.1, -0.05) is 39.7 Å². The van der Waals surface area contributed by atoms with E-state index in [1.807, 2.05) is 36.4 Å². The summed E-state index contributed by atoms with van der Waals surface area (Å²) in [6.07, 6.45) is 0. The molecule has 0 amide bonds. The number of nitrogens with two attached hydrogens (primary N) is 1. The van der Waals surface area contributed by atoms with Gasteiger partial charge in [0, 0.05) is 20.5 Å². The molecule has 3 rings (SSSR count). The third-order valence-electron chi connectivity index (χ3n) is 3.12. The lowest BCUT2D eigenvalue weighted by molar-refractivity contribution is 0.516. The Bertz CT molecular complexity index is 757. The van der Waals surface area contributed by atoms with Crippen LogP contribution in [0.5, 0.6) is 0 Å². The summed E-state index contributed by atoms with van der Waals surface area (Å²) in [4.78, 5) is 1.18. The number of rotatable bonds is 4. The van der Waals surface area contributed by atoms with E-state index in [0.717, 1.165) is 21.4 Å². The van der Waals surface area contributed by atoms with Crippen LogP contribution in [0.25, 0.3) is 11.0 Å². The molecule has 0 fully saturated rings. The van der Waals surface area contributed by atoms with Gasteiger partial charge < -0.3 is 10.2 Å². The minimum absolute atomic E-state index is 0.165. The Labute approximate surface area is 140 Å². The molecule has 0 aliphatic rings. The van der Waals surface area contributed by atoms with Gasteiger partial charge in [0.05, 0.1) is 11.1 Å². The predicted octanol–water partition coefficient (Wildman–Crippen LogP) is 5.64. The molecule has 0 spiro atoms. The maximum absolute atomic E-state index is 6.22. The highest BCUT2D eigenvalue weighted by atomic mass is 79.9. The van der Waals surface area contributed by atoms with Crippen molar-refractivity contribution in [3.63, 3.8) is 0 Å². The quantitative estimate of drug-likeness (QED) is 0.593. The van der Waals surface area contributed by atoms with Crippen LogP contribution >= 0.6 is 39.3 Å². The van der Waals surface area contributed by atoms with Crippen LogP contribution in [0.4, 0.5) is 0 Å². The standard InChI is InChI=1S/C16H13BrClNOS/c17-11-4-6-12(7-5-11)21-9-14(19)15-8-10-2-1-3-13(18)16(10)20-15/h1-8,14H,9,19H2. The zero-order valence-corrected chi connectivity index (χ0v) is 14.2. The van der Waals surface area contributed by atoms with Crippen LogP contribution in [0.2, 0.25) is 5.02 Å². The predicted molar refractivity (Wildman–Crippen MR) is 93.0 cm³/mol. The van der Waals surface area contributed by atoms with E-state index in [4.69, 9.17) is 21.8 Å². The third kappa shape index (κ3) is 3.46. The van der Waals surface area contributed by atoms with Crippen molar-refractivity contribution in [3.8, 4) is 0 Å². The van der Waals surface area contributed by atoms with Crippen molar-refractivity contribution < 1.29 is 4.42 Å². The first-order valence-electron chi connectivity index (χ1n) is 6.45. The SMILES string of the molecule is NC(CSc1ccc(Br)cc1)c1cc2cccc(Cl)c2o1. The van der Waals surface area contributed by atoms with Crippen molar-refractivity contribution in [1.29, 1.82) is 0 Å². The minimum atomic E-state index is -0.165. The molecule has 5 heteroatoms. The Morgan fingerprint density at radius 2 is 1.95 bits per heavy atom. The second kappa shape index (κ2) is 6.44. The van der Waals surface area contributed by atoms with E-state index in [0.29, 0.717) is 10.6 Å². The van der Waals surface area contributed by atoms with Crippen LogP contribution in [0.3, 0.4) is 0 Å². The molecule has 1 aromatic heterocycles. The van der Waals surface area contributed by atoms with Crippen LogP contribution in [-0.2, 0) is 0 Å². The normalized spacial score (nSPS) is 12.7. The first-order chi connectivity index (χ1) is 10.1. The van der Waals surface area contributed by atoms with E-state index in [1.54, 1.807) is 11.8 Å². The second-order valence-corrected chi connectivity index (χ2v) is 7.09. The van der Waals surface area contributed by atoms with Crippen LogP contribution in [-0.4, -0.2) is 5.75 Å². The molecule has 108 valence electrons. The summed E-state index contributed by atoms with van der Waals surface area (Å²) in [6.45, 7) is 0. The monoisotopic (exact) mass is 381 g/mol. The summed E-state index contributed by atoms with van der Waals surface area (Å²) in [5, 5.41) is 1.60. The van der Waals surface area contributed by atoms with Gasteiger partial charge in [0.2, 0.25) is 0 Å². The minimum Gasteiger partial charge on any atom is -0.458 e. The number of hydrogen-bond donors (Lipinski definition) is 1. The van der Waals surface area contributed by atoms with Gasteiger partial charge in [0.1, 0.15) is 5.76 Å². The maximum Gasteiger partial charge on any atom is 0.152 e. The van der Waals surface area contributed by atoms with Gasteiger partial charge in [-0.25, -0.2) is 0 Å². The number of fused-ring (bicyclic) bond motifs is 1. The molecule has 1 atom stereocenters. The fraction of sp³-hybridized carbons (Fsp3) is 0.125. The van der Waals surface area contributed by atoms with Crippen molar-refractivity contribution >= 4 is 50.3 Å². The molecule has 2 N–H and O–H groups in total. The van der Waals surface area contributed by atoms with Gasteiger partial charge in [-0.3, -0.25) is 0 Å². The molecule has 2 aromatic carbocycles. The fourth-order valence-electron chi connectivity index (χ4n) is 2.03. The van der Waals surface area contributed by atoms with Gasteiger partial charge in [0.15, 0.2) is 5.58 Å². The second-order valence-electron chi connectivity index (χ2n) is 4.68. The third-order valence-corrected chi connectivity index (χ3v) is 5.08. The first kappa shape index (κ1) is 15.0. The zero-order valence-electron chi connectivity index (χ0n) is 11.1. The summed E-state index contributed by atoms with van der Waals surface area (Å²) in [6, 6.07) is 15.7. The lowest BCUT2D eigenvalue weighted by Gasteiger charge is -2.08. The van der Waals surface area contributed by atoms with Gasteiger partial charge in [-0.05, 0) is 36.4 Å². The molecule has 21 heavy (non-hydrogen) atoms.